The molecule has 0 radical (unpaired) electrons. The fourth-order valence-electron chi connectivity index (χ4n) is 4.37. The molecule has 0 bridgehead atoms. The number of amides is 2. The minimum Gasteiger partial charge on any atom is -0.444 e. The van der Waals surface area contributed by atoms with Gasteiger partial charge in [0.15, 0.2) is 0 Å². The average molecular weight is 586 g/mol. The highest BCUT2D eigenvalue weighted by atomic mass is 19.4. The zero-order valence-corrected chi connectivity index (χ0v) is 23.9. The number of aromatic nitrogens is 2. The van der Waals surface area contributed by atoms with Crippen molar-refractivity contribution in [3.63, 3.8) is 0 Å². The van der Waals surface area contributed by atoms with Crippen LogP contribution in [0.4, 0.5) is 23.8 Å². The van der Waals surface area contributed by atoms with Crippen LogP contribution in [0.25, 0.3) is 11.1 Å². The Morgan fingerprint density at radius 3 is 2.38 bits per heavy atom. The number of halogens is 3. The summed E-state index contributed by atoms with van der Waals surface area (Å²) in [6, 6.07) is 9.81. The van der Waals surface area contributed by atoms with Gasteiger partial charge in [-0.3, -0.25) is 9.78 Å². The van der Waals surface area contributed by atoms with Crippen LogP contribution < -0.4 is 15.5 Å². The van der Waals surface area contributed by atoms with E-state index >= 15 is 0 Å². The maximum Gasteiger partial charge on any atom is 0.416 e. The molecule has 42 heavy (non-hydrogen) atoms. The first kappa shape index (κ1) is 30.8. The van der Waals surface area contributed by atoms with Crippen molar-refractivity contribution >= 4 is 17.8 Å². The summed E-state index contributed by atoms with van der Waals surface area (Å²) in [4.78, 5) is 35.7. The van der Waals surface area contributed by atoms with Crippen molar-refractivity contribution in [1.29, 1.82) is 0 Å². The highest BCUT2D eigenvalue weighted by molar-refractivity contribution is 5.92. The van der Waals surface area contributed by atoms with E-state index in [4.69, 9.17) is 9.47 Å². The number of nitrogens with zero attached hydrogens (tertiary/aromatic N) is 3. The number of carbonyl (C=O) groups is 2. The van der Waals surface area contributed by atoms with E-state index in [0.29, 0.717) is 48.8 Å². The summed E-state index contributed by atoms with van der Waals surface area (Å²) in [5.74, 6) is 0.198. The summed E-state index contributed by atoms with van der Waals surface area (Å²) < 4.78 is 51.2. The molecule has 4 rings (SSSR count). The lowest BCUT2D eigenvalue weighted by Gasteiger charge is -2.27. The zero-order valence-electron chi connectivity index (χ0n) is 23.9. The summed E-state index contributed by atoms with van der Waals surface area (Å²) >= 11 is 0. The molecule has 2 heterocycles. The molecule has 1 aromatic heterocycles. The Morgan fingerprint density at radius 1 is 1.05 bits per heavy atom. The second-order valence-electron chi connectivity index (χ2n) is 10.9. The van der Waals surface area contributed by atoms with Gasteiger partial charge in [0.1, 0.15) is 17.1 Å². The van der Waals surface area contributed by atoms with Gasteiger partial charge in [-0.15, -0.1) is 0 Å². The van der Waals surface area contributed by atoms with Gasteiger partial charge in [-0.25, -0.2) is 9.78 Å². The number of ether oxygens (including phenoxy) is 2. The second-order valence-corrected chi connectivity index (χ2v) is 10.9. The van der Waals surface area contributed by atoms with E-state index in [9.17, 15) is 22.8 Å². The van der Waals surface area contributed by atoms with E-state index in [1.807, 2.05) is 4.90 Å². The van der Waals surface area contributed by atoms with E-state index in [-0.39, 0.29) is 12.2 Å². The van der Waals surface area contributed by atoms with Crippen LogP contribution in [-0.4, -0.2) is 53.9 Å². The Bertz CT molecular complexity index is 1400. The van der Waals surface area contributed by atoms with Gasteiger partial charge >= 0.3 is 12.3 Å². The molecule has 0 unspecified atom stereocenters. The summed E-state index contributed by atoms with van der Waals surface area (Å²) in [7, 11) is 0. The minimum absolute atomic E-state index is 0.0266. The largest absolute Gasteiger partial charge is 0.444 e. The van der Waals surface area contributed by atoms with Crippen LogP contribution in [0.15, 0.2) is 54.9 Å². The van der Waals surface area contributed by atoms with E-state index < -0.39 is 35.4 Å². The van der Waals surface area contributed by atoms with Crippen molar-refractivity contribution in [2.75, 3.05) is 31.2 Å². The number of morpholine rings is 1. The summed E-state index contributed by atoms with van der Waals surface area (Å²) in [6.45, 7) is 9.40. The maximum absolute atomic E-state index is 13.5. The quantitative estimate of drug-likeness (QED) is 0.377. The summed E-state index contributed by atoms with van der Waals surface area (Å²) in [5.41, 5.74) is 0.726. The highest BCUT2D eigenvalue weighted by Crippen LogP contribution is 2.34. The van der Waals surface area contributed by atoms with E-state index in [2.05, 4.69) is 20.6 Å². The molecule has 1 atom stereocenters. The van der Waals surface area contributed by atoms with Gasteiger partial charge in [0.2, 0.25) is 0 Å². The molecular weight excluding hydrogens is 551 g/mol. The molecule has 1 saturated heterocycles. The van der Waals surface area contributed by atoms with Crippen LogP contribution in [0.2, 0.25) is 0 Å². The Hall–Kier alpha value is -4.19. The Kier molecular flexibility index (Phi) is 9.35. The normalized spacial score (nSPS) is 14.7. The van der Waals surface area contributed by atoms with Crippen molar-refractivity contribution in [1.82, 2.24) is 20.6 Å². The minimum atomic E-state index is -4.54. The Labute approximate surface area is 242 Å². The first-order valence-electron chi connectivity index (χ1n) is 13.5. The lowest BCUT2D eigenvalue weighted by molar-refractivity contribution is -0.137. The van der Waals surface area contributed by atoms with Gasteiger partial charge < -0.3 is 25.0 Å². The molecular formula is C30H34F3N5O4. The molecule has 0 spiro atoms. The van der Waals surface area contributed by atoms with Crippen LogP contribution in [0.1, 0.15) is 60.9 Å². The first-order chi connectivity index (χ1) is 19.8. The number of hydrogen-bond acceptors (Lipinski definition) is 7. The number of nitrogens with one attached hydrogen (secondary N) is 2. The number of alkyl carbamates (subject to hydrolysis) is 1. The van der Waals surface area contributed by atoms with E-state index in [1.54, 1.807) is 58.2 Å². The average Bonchev–Trinajstić information content (AvgIpc) is 2.95. The molecule has 0 saturated carbocycles. The number of rotatable bonds is 7. The van der Waals surface area contributed by atoms with Crippen molar-refractivity contribution in [3.05, 3.63) is 77.2 Å². The van der Waals surface area contributed by atoms with Gasteiger partial charge in [-0.1, -0.05) is 30.3 Å². The third-order valence-corrected chi connectivity index (χ3v) is 6.52. The van der Waals surface area contributed by atoms with Crippen LogP contribution in [-0.2, 0) is 22.2 Å². The topological polar surface area (TPSA) is 106 Å². The first-order valence-corrected chi connectivity index (χ1v) is 13.5. The summed E-state index contributed by atoms with van der Waals surface area (Å²) in [5, 5.41) is 5.50. The third kappa shape index (κ3) is 8.19. The number of benzene rings is 2. The SMILES string of the molecule is C[C@@H](NC(=O)c1cncc(N2CCOCC2)n1)c1ccc(-c2cc(C(F)(F)F)ccc2CNC(=O)OC(C)(C)C)cc1. The van der Waals surface area contributed by atoms with Crippen LogP contribution >= 0.6 is 0 Å². The number of carbonyl (C=O) groups excluding carboxylic acids is 2. The van der Waals surface area contributed by atoms with Gasteiger partial charge in [0.25, 0.3) is 5.91 Å². The molecule has 1 aliphatic heterocycles. The number of alkyl halides is 3. The predicted octanol–water partition coefficient (Wildman–Crippen LogP) is 5.51. The Balaban J connectivity index is 1.49. The van der Waals surface area contributed by atoms with Gasteiger partial charge in [-0.05, 0) is 62.1 Å². The van der Waals surface area contributed by atoms with Crippen LogP contribution in [0.3, 0.4) is 0 Å². The smallest absolute Gasteiger partial charge is 0.416 e. The fraction of sp³-hybridized carbons (Fsp3) is 0.400. The third-order valence-electron chi connectivity index (χ3n) is 6.52. The second kappa shape index (κ2) is 12.8. The zero-order chi connectivity index (χ0) is 30.5. The molecule has 2 amide bonds. The van der Waals surface area contributed by atoms with Gasteiger partial charge in [0.05, 0.1) is 37.2 Å². The lowest BCUT2D eigenvalue weighted by Crippen LogP contribution is -2.37. The van der Waals surface area contributed by atoms with Crippen molar-refractivity contribution < 1.29 is 32.2 Å². The Morgan fingerprint density at radius 2 is 1.74 bits per heavy atom. The van der Waals surface area contributed by atoms with Crippen molar-refractivity contribution in [2.24, 2.45) is 0 Å². The number of hydrogen-bond donors (Lipinski definition) is 2. The molecule has 2 N–H and O–H groups in total. The van der Waals surface area contributed by atoms with Crippen LogP contribution in [0.5, 0.6) is 0 Å². The maximum atomic E-state index is 13.5. The molecule has 2 aromatic carbocycles. The molecule has 224 valence electrons. The number of anilines is 1. The van der Waals surface area contributed by atoms with Crippen molar-refractivity contribution in [3.8, 4) is 11.1 Å². The molecule has 3 aromatic rings. The summed E-state index contributed by atoms with van der Waals surface area (Å²) in [6.07, 6.45) is -2.20. The predicted molar refractivity (Wildman–Crippen MR) is 151 cm³/mol. The highest BCUT2D eigenvalue weighted by Gasteiger charge is 2.31. The molecule has 9 nitrogen and oxygen atoms in total. The standard InChI is InChI=1S/C30H34F3N5O4/c1-19(36-27(39)25-17-34-18-26(37-25)38-11-13-41-14-12-38)20-5-7-21(8-6-20)24-15-23(30(31,32)33)10-9-22(24)16-35-28(40)42-29(2,3)4/h5-10,15,17-19H,11-14,16H2,1-4H3,(H,35,40)(H,36,39)/t19-/m1/s1. The van der Waals surface area contributed by atoms with Gasteiger partial charge in [-0.2, -0.15) is 13.2 Å². The molecule has 0 aliphatic carbocycles. The lowest BCUT2D eigenvalue weighted by atomic mass is 9.95. The monoisotopic (exact) mass is 585 g/mol. The fourth-order valence-corrected chi connectivity index (χ4v) is 4.37. The van der Waals surface area contributed by atoms with Crippen molar-refractivity contribution in [2.45, 2.75) is 52.1 Å². The molecule has 12 heteroatoms. The van der Waals surface area contributed by atoms with E-state index in [1.165, 1.54) is 12.3 Å². The van der Waals surface area contributed by atoms with E-state index in [0.717, 1.165) is 17.7 Å². The van der Waals surface area contributed by atoms with Crippen LogP contribution in [0, 0.1) is 0 Å². The molecule has 1 aliphatic rings. The molecule has 1 fully saturated rings. The van der Waals surface area contributed by atoms with Gasteiger partial charge in [0, 0.05) is 19.6 Å².